The van der Waals surface area contributed by atoms with Gasteiger partial charge in [0, 0.05) is 19.3 Å². The van der Waals surface area contributed by atoms with Gasteiger partial charge < -0.3 is 19.3 Å². The Hall–Kier alpha value is -0.980. The molecular formula is C13H21N3O3. The molecule has 1 aromatic rings. The average molecular weight is 267 g/mol. The maximum atomic E-state index is 5.75. The molecule has 2 aliphatic heterocycles. The van der Waals surface area contributed by atoms with E-state index in [2.05, 4.69) is 15.5 Å². The van der Waals surface area contributed by atoms with E-state index >= 15 is 0 Å². The molecule has 3 unspecified atom stereocenters. The van der Waals surface area contributed by atoms with E-state index in [1.165, 1.54) is 0 Å². The fraction of sp³-hybridized carbons (Fsp3) is 0.846. The van der Waals surface area contributed by atoms with E-state index in [1.807, 2.05) is 14.0 Å². The van der Waals surface area contributed by atoms with Crippen LogP contribution in [0.2, 0.25) is 0 Å². The van der Waals surface area contributed by atoms with E-state index in [1.54, 1.807) is 0 Å². The number of ether oxygens (including phenoxy) is 2. The van der Waals surface area contributed by atoms with Crippen LogP contribution in [0.1, 0.15) is 43.8 Å². The standard InChI is InChI=1S/C13H21N3O3/c1-13(5-3-6-18-13)12-15-11(19-16-12)9-8-17-7-4-10(9)14-2/h9-10,14H,3-8H2,1-2H3. The van der Waals surface area contributed by atoms with Gasteiger partial charge in [-0.25, -0.2) is 0 Å². The molecule has 106 valence electrons. The summed E-state index contributed by atoms with van der Waals surface area (Å²) in [6, 6.07) is 0.333. The Morgan fingerprint density at radius 3 is 3.00 bits per heavy atom. The highest BCUT2D eigenvalue weighted by Gasteiger charge is 2.38. The summed E-state index contributed by atoms with van der Waals surface area (Å²) in [5.74, 6) is 1.45. The van der Waals surface area contributed by atoms with Crippen LogP contribution < -0.4 is 5.32 Å². The van der Waals surface area contributed by atoms with Crippen molar-refractivity contribution in [1.82, 2.24) is 15.5 Å². The van der Waals surface area contributed by atoms with Gasteiger partial charge in [0.2, 0.25) is 11.7 Å². The molecule has 0 saturated carbocycles. The maximum Gasteiger partial charge on any atom is 0.233 e. The quantitative estimate of drug-likeness (QED) is 0.887. The first-order valence-electron chi connectivity index (χ1n) is 6.96. The minimum Gasteiger partial charge on any atom is -0.381 e. The summed E-state index contributed by atoms with van der Waals surface area (Å²) >= 11 is 0. The Morgan fingerprint density at radius 2 is 2.26 bits per heavy atom. The monoisotopic (exact) mass is 267 g/mol. The smallest absolute Gasteiger partial charge is 0.233 e. The predicted octanol–water partition coefficient (Wildman–Crippen LogP) is 1.19. The van der Waals surface area contributed by atoms with Crippen LogP contribution >= 0.6 is 0 Å². The third-order valence-corrected chi connectivity index (χ3v) is 4.18. The van der Waals surface area contributed by atoms with Gasteiger partial charge in [-0.15, -0.1) is 0 Å². The third kappa shape index (κ3) is 2.40. The van der Waals surface area contributed by atoms with Crippen LogP contribution in [0.3, 0.4) is 0 Å². The van der Waals surface area contributed by atoms with Gasteiger partial charge in [-0.1, -0.05) is 5.16 Å². The lowest BCUT2D eigenvalue weighted by Gasteiger charge is -2.28. The Morgan fingerprint density at radius 1 is 1.37 bits per heavy atom. The number of nitrogens with zero attached hydrogens (tertiary/aromatic N) is 2. The van der Waals surface area contributed by atoms with Crippen molar-refractivity contribution in [2.75, 3.05) is 26.9 Å². The zero-order valence-electron chi connectivity index (χ0n) is 11.5. The Kier molecular flexibility index (Phi) is 3.56. The first-order valence-corrected chi connectivity index (χ1v) is 6.96. The number of hydrogen-bond acceptors (Lipinski definition) is 6. The zero-order chi connectivity index (χ0) is 13.3. The van der Waals surface area contributed by atoms with E-state index in [0.717, 1.165) is 32.5 Å². The highest BCUT2D eigenvalue weighted by atomic mass is 16.5. The molecule has 2 aliphatic rings. The molecule has 0 amide bonds. The van der Waals surface area contributed by atoms with Gasteiger partial charge in [-0.2, -0.15) is 4.98 Å². The second-order valence-electron chi connectivity index (χ2n) is 5.50. The second kappa shape index (κ2) is 5.19. The molecule has 0 aliphatic carbocycles. The van der Waals surface area contributed by atoms with E-state index in [9.17, 15) is 0 Å². The molecule has 6 heteroatoms. The van der Waals surface area contributed by atoms with E-state index < -0.39 is 0 Å². The lowest BCUT2D eigenvalue weighted by Crippen LogP contribution is -2.39. The number of nitrogens with one attached hydrogen (secondary N) is 1. The summed E-state index contributed by atoms with van der Waals surface area (Å²) in [4.78, 5) is 4.56. The molecule has 2 saturated heterocycles. The average Bonchev–Trinajstić information content (AvgIpc) is 3.08. The molecule has 6 nitrogen and oxygen atoms in total. The molecule has 3 rings (SSSR count). The normalized spacial score (nSPS) is 35.7. The number of rotatable bonds is 3. The van der Waals surface area contributed by atoms with Crippen molar-refractivity contribution in [2.24, 2.45) is 0 Å². The highest BCUT2D eigenvalue weighted by Crippen LogP contribution is 2.35. The minimum atomic E-state index is -0.383. The molecule has 1 aromatic heterocycles. The summed E-state index contributed by atoms with van der Waals surface area (Å²) in [6.07, 6.45) is 2.96. The van der Waals surface area contributed by atoms with Crippen molar-refractivity contribution < 1.29 is 14.0 Å². The van der Waals surface area contributed by atoms with Gasteiger partial charge in [0.25, 0.3) is 0 Å². The highest BCUT2D eigenvalue weighted by molar-refractivity contribution is 5.06. The lowest BCUT2D eigenvalue weighted by atomic mass is 9.95. The summed E-state index contributed by atoms with van der Waals surface area (Å²) in [5.41, 5.74) is -0.383. The molecule has 0 radical (unpaired) electrons. The predicted molar refractivity (Wildman–Crippen MR) is 67.9 cm³/mol. The number of hydrogen-bond donors (Lipinski definition) is 1. The van der Waals surface area contributed by atoms with Crippen molar-refractivity contribution in [3.8, 4) is 0 Å². The summed E-state index contributed by atoms with van der Waals surface area (Å²) in [7, 11) is 1.96. The van der Waals surface area contributed by atoms with Crippen molar-refractivity contribution in [3.63, 3.8) is 0 Å². The minimum absolute atomic E-state index is 0.130. The van der Waals surface area contributed by atoms with Crippen LogP contribution in [-0.4, -0.2) is 43.1 Å². The van der Waals surface area contributed by atoms with E-state index in [4.69, 9.17) is 14.0 Å². The Balaban J connectivity index is 1.80. The molecule has 19 heavy (non-hydrogen) atoms. The van der Waals surface area contributed by atoms with Gasteiger partial charge in [0.1, 0.15) is 5.60 Å². The first-order chi connectivity index (χ1) is 9.23. The van der Waals surface area contributed by atoms with Crippen LogP contribution in [0.4, 0.5) is 0 Å². The molecule has 2 fully saturated rings. The molecule has 3 atom stereocenters. The largest absolute Gasteiger partial charge is 0.381 e. The van der Waals surface area contributed by atoms with E-state index in [0.29, 0.717) is 24.4 Å². The van der Waals surface area contributed by atoms with Crippen LogP contribution in [-0.2, 0) is 15.1 Å². The van der Waals surface area contributed by atoms with Crippen LogP contribution in [0.15, 0.2) is 4.52 Å². The fourth-order valence-electron chi connectivity index (χ4n) is 2.88. The van der Waals surface area contributed by atoms with E-state index in [-0.39, 0.29) is 11.5 Å². The SMILES string of the molecule is CNC1CCOCC1c1nc(C2(C)CCCO2)no1. The first kappa shape index (κ1) is 13.0. The summed E-state index contributed by atoms with van der Waals surface area (Å²) in [6.45, 7) is 4.21. The van der Waals surface area contributed by atoms with Crippen molar-refractivity contribution in [1.29, 1.82) is 0 Å². The summed E-state index contributed by atoms with van der Waals surface area (Å²) in [5, 5.41) is 7.42. The van der Waals surface area contributed by atoms with Gasteiger partial charge in [-0.3, -0.25) is 0 Å². The van der Waals surface area contributed by atoms with Crippen LogP contribution in [0, 0.1) is 0 Å². The Labute approximate surface area is 112 Å². The van der Waals surface area contributed by atoms with Crippen LogP contribution in [0.5, 0.6) is 0 Å². The molecule has 0 bridgehead atoms. The van der Waals surface area contributed by atoms with Gasteiger partial charge in [0.05, 0.1) is 12.5 Å². The van der Waals surface area contributed by atoms with Gasteiger partial charge >= 0.3 is 0 Å². The second-order valence-corrected chi connectivity index (χ2v) is 5.50. The number of likely N-dealkylation sites (N-methyl/N-ethyl adjacent to an activating group) is 1. The number of aromatic nitrogens is 2. The van der Waals surface area contributed by atoms with Crippen molar-refractivity contribution in [3.05, 3.63) is 11.7 Å². The van der Waals surface area contributed by atoms with Crippen molar-refractivity contribution in [2.45, 2.75) is 43.7 Å². The zero-order valence-corrected chi connectivity index (χ0v) is 11.5. The molecule has 0 spiro atoms. The molecule has 1 N–H and O–H groups in total. The van der Waals surface area contributed by atoms with Crippen molar-refractivity contribution >= 4 is 0 Å². The molecule has 3 heterocycles. The third-order valence-electron chi connectivity index (χ3n) is 4.18. The Bertz CT molecular complexity index is 429. The lowest BCUT2D eigenvalue weighted by molar-refractivity contribution is 0.00768. The fourth-order valence-corrected chi connectivity index (χ4v) is 2.88. The molecule has 0 aromatic carbocycles. The van der Waals surface area contributed by atoms with Crippen LogP contribution in [0.25, 0.3) is 0 Å². The molecular weight excluding hydrogens is 246 g/mol. The van der Waals surface area contributed by atoms with Gasteiger partial charge in [0.15, 0.2) is 0 Å². The topological polar surface area (TPSA) is 69.4 Å². The maximum absolute atomic E-state index is 5.75. The summed E-state index contributed by atoms with van der Waals surface area (Å²) < 4.78 is 16.7. The van der Waals surface area contributed by atoms with Gasteiger partial charge in [-0.05, 0) is 33.2 Å².